The SMILES string of the molecule is COc1cc(OC(=O)Cc2ccccc2)c2ccccc2c1OC. The van der Waals surface area contributed by atoms with Crippen LogP contribution in [0.3, 0.4) is 0 Å². The number of benzene rings is 3. The number of ether oxygens (including phenoxy) is 3. The van der Waals surface area contributed by atoms with E-state index in [0.29, 0.717) is 17.2 Å². The minimum atomic E-state index is -0.321. The third-order valence-corrected chi connectivity index (χ3v) is 3.76. The monoisotopic (exact) mass is 322 g/mol. The number of esters is 1. The Bertz CT molecular complexity index is 856. The van der Waals surface area contributed by atoms with Crippen molar-refractivity contribution < 1.29 is 19.0 Å². The zero-order valence-electron chi connectivity index (χ0n) is 13.6. The molecule has 0 atom stereocenters. The van der Waals surface area contributed by atoms with Gasteiger partial charge in [-0.2, -0.15) is 0 Å². The van der Waals surface area contributed by atoms with Gasteiger partial charge in [-0.25, -0.2) is 0 Å². The molecule has 4 nitrogen and oxygen atoms in total. The summed E-state index contributed by atoms with van der Waals surface area (Å²) in [7, 11) is 3.15. The van der Waals surface area contributed by atoms with Gasteiger partial charge in [-0.1, -0.05) is 54.6 Å². The van der Waals surface area contributed by atoms with Crippen molar-refractivity contribution in [1.29, 1.82) is 0 Å². The van der Waals surface area contributed by atoms with Crippen LogP contribution in [0, 0.1) is 0 Å². The van der Waals surface area contributed by atoms with E-state index in [2.05, 4.69) is 0 Å². The fourth-order valence-electron chi connectivity index (χ4n) is 2.66. The van der Waals surface area contributed by atoms with E-state index in [9.17, 15) is 4.79 Å². The Morgan fingerprint density at radius 3 is 2.17 bits per heavy atom. The first-order valence-electron chi connectivity index (χ1n) is 7.61. The van der Waals surface area contributed by atoms with Crippen molar-refractivity contribution in [2.24, 2.45) is 0 Å². The van der Waals surface area contributed by atoms with Gasteiger partial charge in [-0.3, -0.25) is 4.79 Å². The average Bonchev–Trinajstić information content (AvgIpc) is 2.62. The highest BCUT2D eigenvalue weighted by molar-refractivity contribution is 5.97. The standard InChI is InChI=1S/C20H18O4/c1-22-18-13-17(15-10-6-7-11-16(15)20(18)23-2)24-19(21)12-14-8-4-3-5-9-14/h3-11,13H,12H2,1-2H3. The largest absolute Gasteiger partial charge is 0.493 e. The normalized spacial score (nSPS) is 10.4. The summed E-state index contributed by atoms with van der Waals surface area (Å²) in [5.74, 6) is 1.29. The molecule has 0 fully saturated rings. The summed E-state index contributed by atoms with van der Waals surface area (Å²) in [5.41, 5.74) is 0.910. The second-order valence-corrected chi connectivity index (χ2v) is 5.29. The predicted molar refractivity (Wildman–Crippen MR) is 92.8 cm³/mol. The van der Waals surface area contributed by atoms with Crippen molar-refractivity contribution in [3.63, 3.8) is 0 Å². The van der Waals surface area contributed by atoms with Crippen LogP contribution in [0.4, 0.5) is 0 Å². The van der Waals surface area contributed by atoms with Crippen molar-refractivity contribution in [1.82, 2.24) is 0 Å². The van der Waals surface area contributed by atoms with E-state index >= 15 is 0 Å². The molecule has 0 N–H and O–H groups in total. The summed E-state index contributed by atoms with van der Waals surface area (Å²) >= 11 is 0. The molecule has 0 spiro atoms. The second-order valence-electron chi connectivity index (χ2n) is 5.29. The lowest BCUT2D eigenvalue weighted by Crippen LogP contribution is -2.11. The molecule has 0 heterocycles. The lowest BCUT2D eigenvalue weighted by molar-refractivity contribution is -0.133. The van der Waals surface area contributed by atoms with Gasteiger partial charge in [0.15, 0.2) is 11.5 Å². The van der Waals surface area contributed by atoms with E-state index in [1.54, 1.807) is 20.3 Å². The molecule has 122 valence electrons. The number of rotatable bonds is 5. The minimum Gasteiger partial charge on any atom is -0.493 e. The van der Waals surface area contributed by atoms with Gasteiger partial charge in [0, 0.05) is 16.8 Å². The first-order chi connectivity index (χ1) is 11.7. The molecule has 24 heavy (non-hydrogen) atoms. The van der Waals surface area contributed by atoms with Crippen LogP contribution in [0.5, 0.6) is 17.2 Å². The van der Waals surface area contributed by atoms with Crippen LogP contribution in [0.15, 0.2) is 60.7 Å². The Morgan fingerprint density at radius 2 is 1.50 bits per heavy atom. The molecule has 0 radical (unpaired) electrons. The maximum absolute atomic E-state index is 12.3. The Hall–Kier alpha value is -3.01. The van der Waals surface area contributed by atoms with Gasteiger partial charge in [-0.15, -0.1) is 0 Å². The van der Waals surface area contributed by atoms with Crippen molar-refractivity contribution in [3.05, 3.63) is 66.2 Å². The highest BCUT2D eigenvalue weighted by Crippen LogP contribution is 2.41. The highest BCUT2D eigenvalue weighted by atomic mass is 16.5. The number of hydrogen-bond donors (Lipinski definition) is 0. The fraction of sp³-hybridized carbons (Fsp3) is 0.150. The van der Waals surface area contributed by atoms with Gasteiger partial charge in [0.2, 0.25) is 0 Å². The van der Waals surface area contributed by atoms with Crippen LogP contribution in [-0.2, 0) is 11.2 Å². The third kappa shape index (κ3) is 3.18. The van der Waals surface area contributed by atoms with Gasteiger partial charge >= 0.3 is 5.97 Å². The molecule has 0 unspecified atom stereocenters. The fourth-order valence-corrected chi connectivity index (χ4v) is 2.66. The van der Waals surface area contributed by atoms with E-state index < -0.39 is 0 Å². The van der Waals surface area contributed by atoms with Crippen LogP contribution in [-0.4, -0.2) is 20.2 Å². The van der Waals surface area contributed by atoms with E-state index in [0.717, 1.165) is 16.3 Å². The van der Waals surface area contributed by atoms with Gasteiger partial charge < -0.3 is 14.2 Å². The van der Waals surface area contributed by atoms with E-state index in [-0.39, 0.29) is 12.4 Å². The average molecular weight is 322 g/mol. The molecule has 3 rings (SSSR count). The van der Waals surface area contributed by atoms with Crippen LogP contribution in [0.25, 0.3) is 10.8 Å². The second kappa shape index (κ2) is 7.04. The molecule has 0 saturated heterocycles. The Balaban J connectivity index is 1.95. The molecule has 0 aromatic heterocycles. The smallest absolute Gasteiger partial charge is 0.315 e. The summed E-state index contributed by atoms with van der Waals surface area (Å²) in [6, 6.07) is 18.8. The topological polar surface area (TPSA) is 44.8 Å². The van der Waals surface area contributed by atoms with E-state index in [1.165, 1.54) is 0 Å². The maximum Gasteiger partial charge on any atom is 0.315 e. The number of carbonyl (C=O) groups is 1. The highest BCUT2D eigenvalue weighted by Gasteiger charge is 2.16. The van der Waals surface area contributed by atoms with Crippen LogP contribution in [0.1, 0.15) is 5.56 Å². The molecule has 0 amide bonds. The Kier molecular flexibility index (Phi) is 4.66. The van der Waals surface area contributed by atoms with Crippen LogP contribution >= 0.6 is 0 Å². The number of carbonyl (C=O) groups excluding carboxylic acids is 1. The molecule has 3 aromatic rings. The molecule has 3 aromatic carbocycles. The number of fused-ring (bicyclic) bond motifs is 1. The Labute approximate surface area is 140 Å². The third-order valence-electron chi connectivity index (χ3n) is 3.76. The molecule has 0 aliphatic heterocycles. The zero-order chi connectivity index (χ0) is 16.9. The van der Waals surface area contributed by atoms with Crippen LogP contribution in [0.2, 0.25) is 0 Å². The molecule has 4 heteroatoms. The van der Waals surface area contributed by atoms with Crippen LogP contribution < -0.4 is 14.2 Å². The van der Waals surface area contributed by atoms with Crippen molar-refractivity contribution in [2.75, 3.05) is 14.2 Å². The number of hydrogen-bond acceptors (Lipinski definition) is 4. The molecular formula is C20H18O4. The molecular weight excluding hydrogens is 304 g/mol. The summed E-state index contributed by atoms with van der Waals surface area (Å²) in [4.78, 5) is 12.3. The van der Waals surface area contributed by atoms with Gasteiger partial charge in [0.05, 0.1) is 20.6 Å². The minimum absolute atomic E-state index is 0.212. The van der Waals surface area contributed by atoms with Gasteiger partial charge in [0.1, 0.15) is 5.75 Å². The molecule has 0 aliphatic rings. The van der Waals surface area contributed by atoms with Crippen molar-refractivity contribution in [3.8, 4) is 17.2 Å². The zero-order valence-corrected chi connectivity index (χ0v) is 13.6. The molecule has 0 bridgehead atoms. The lowest BCUT2D eigenvalue weighted by atomic mass is 10.1. The first kappa shape index (κ1) is 15.9. The number of methoxy groups -OCH3 is 2. The summed E-state index contributed by atoms with van der Waals surface area (Å²) in [6.45, 7) is 0. The van der Waals surface area contributed by atoms with Gasteiger partial charge in [-0.05, 0) is 5.56 Å². The van der Waals surface area contributed by atoms with Crippen molar-refractivity contribution >= 4 is 16.7 Å². The molecule has 0 aliphatic carbocycles. The summed E-state index contributed by atoms with van der Waals surface area (Å²) in [5, 5.41) is 1.64. The lowest BCUT2D eigenvalue weighted by Gasteiger charge is -2.14. The van der Waals surface area contributed by atoms with Crippen molar-refractivity contribution in [2.45, 2.75) is 6.42 Å². The maximum atomic E-state index is 12.3. The van der Waals surface area contributed by atoms with E-state index in [1.807, 2.05) is 54.6 Å². The molecule has 0 saturated carbocycles. The van der Waals surface area contributed by atoms with Gasteiger partial charge in [0.25, 0.3) is 0 Å². The summed E-state index contributed by atoms with van der Waals surface area (Å²) < 4.78 is 16.4. The summed E-state index contributed by atoms with van der Waals surface area (Å²) in [6.07, 6.45) is 0.212. The van der Waals surface area contributed by atoms with E-state index in [4.69, 9.17) is 14.2 Å². The Morgan fingerprint density at radius 1 is 0.833 bits per heavy atom. The quantitative estimate of drug-likeness (QED) is 0.526. The first-order valence-corrected chi connectivity index (χ1v) is 7.61. The predicted octanol–water partition coefficient (Wildman–Crippen LogP) is 4.01.